The van der Waals surface area contributed by atoms with Gasteiger partial charge in [0.05, 0.1) is 24.8 Å². The van der Waals surface area contributed by atoms with Crippen LogP contribution in [0, 0.1) is 0 Å². The molecule has 0 aliphatic carbocycles. The number of ether oxygens (including phenoxy) is 2. The maximum atomic E-state index is 13.6. The average molecular weight is 467 g/mol. The smallest absolute Gasteiger partial charge is 0.264 e. The molecule has 0 unspecified atom stereocenters. The Morgan fingerprint density at radius 1 is 0.939 bits per heavy atom. The van der Waals surface area contributed by atoms with Gasteiger partial charge in [-0.2, -0.15) is 0 Å². The van der Waals surface area contributed by atoms with Gasteiger partial charge in [0.2, 0.25) is 5.91 Å². The molecule has 33 heavy (non-hydrogen) atoms. The summed E-state index contributed by atoms with van der Waals surface area (Å²) >= 11 is 0. The van der Waals surface area contributed by atoms with E-state index in [0.29, 0.717) is 23.7 Å². The highest BCUT2D eigenvalue weighted by atomic mass is 32.2. The highest BCUT2D eigenvalue weighted by molar-refractivity contribution is 7.92. The molecule has 3 aromatic carbocycles. The lowest BCUT2D eigenvalue weighted by atomic mass is 10.0. The zero-order chi connectivity index (χ0) is 23.4. The van der Waals surface area contributed by atoms with E-state index in [2.05, 4.69) is 0 Å². The molecule has 3 aromatic rings. The number of para-hydroxylation sites is 1. The fraction of sp³-hybridized carbons (Fsp3) is 0.240. The number of fused-ring (bicyclic) bond motifs is 1. The van der Waals surface area contributed by atoms with E-state index in [4.69, 9.17) is 9.47 Å². The fourth-order valence-corrected chi connectivity index (χ4v) is 5.44. The quantitative estimate of drug-likeness (QED) is 0.528. The van der Waals surface area contributed by atoms with Crippen molar-refractivity contribution in [2.75, 3.05) is 36.5 Å². The Balaban J connectivity index is 1.75. The third kappa shape index (κ3) is 4.52. The van der Waals surface area contributed by atoms with Gasteiger partial charge in [0, 0.05) is 18.3 Å². The molecule has 0 fully saturated rings. The number of methoxy groups -OCH3 is 2. The largest absolute Gasteiger partial charge is 0.493 e. The summed E-state index contributed by atoms with van der Waals surface area (Å²) in [5.41, 5.74) is 2.23. The highest BCUT2D eigenvalue weighted by Crippen LogP contribution is 2.34. The van der Waals surface area contributed by atoms with Crippen molar-refractivity contribution in [2.24, 2.45) is 0 Å². The number of amides is 1. The van der Waals surface area contributed by atoms with E-state index >= 15 is 0 Å². The Morgan fingerprint density at radius 2 is 1.64 bits per heavy atom. The van der Waals surface area contributed by atoms with Gasteiger partial charge in [-0.3, -0.25) is 9.10 Å². The molecule has 0 bridgehead atoms. The second kappa shape index (κ2) is 9.54. The van der Waals surface area contributed by atoms with E-state index in [-0.39, 0.29) is 17.3 Å². The van der Waals surface area contributed by atoms with E-state index < -0.39 is 10.0 Å². The molecule has 0 atom stereocenters. The van der Waals surface area contributed by atoms with Crippen molar-refractivity contribution in [3.05, 3.63) is 78.4 Å². The van der Waals surface area contributed by atoms with Crippen LogP contribution in [0.25, 0.3) is 0 Å². The van der Waals surface area contributed by atoms with Gasteiger partial charge in [0.1, 0.15) is 6.54 Å². The molecule has 172 valence electrons. The zero-order valence-corrected chi connectivity index (χ0v) is 19.4. The Bertz CT molecular complexity index is 1240. The van der Waals surface area contributed by atoms with Crippen LogP contribution in [-0.4, -0.2) is 41.6 Å². The normalized spacial score (nSPS) is 13.2. The van der Waals surface area contributed by atoms with E-state index in [1.54, 1.807) is 41.3 Å². The maximum Gasteiger partial charge on any atom is 0.264 e. The lowest BCUT2D eigenvalue weighted by Crippen LogP contribution is -2.45. The lowest BCUT2D eigenvalue weighted by Gasteiger charge is -2.32. The van der Waals surface area contributed by atoms with Crippen molar-refractivity contribution < 1.29 is 22.7 Å². The van der Waals surface area contributed by atoms with E-state index in [0.717, 1.165) is 28.4 Å². The Labute approximate surface area is 194 Å². The van der Waals surface area contributed by atoms with Crippen molar-refractivity contribution in [3.8, 4) is 11.5 Å². The second-order valence-electron chi connectivity index (χ2n) is 7.64. The molecule has 8 heteroatoms. The predicted octanol–water partition coefficient (Wildman–Crippen LogP) is 3.88. The summed E-state index contributed by atoms with van der Waals surface area (Å²) in [5.74, 6) is 0.546. The molecule has 0 saturated heterocycles. The molecular weight excluding hydrogens is 440 g/mol. The van der Waals surface area contributed by atoms with Crippen molar-refractivity contribution in [3.63, 3.8) is 0 Å². The number of rotatable bonds is 7. The van der Waals surface area contributed by atoms with Crippen LogP contribution in [0.5, 0.6) is 11.5 Å². The van der Waals surface area contributed by atoms with Gasteiger partial charge in [0.15, 0.2) is 11.5 Å². The van der Waals surface area contributed by atoms with Crippen LogP contribution < -0.4 is 18.7 Å². The first kappa shape index (κ1) is 22.7. The first-order valence-corrected chi connectivity index (χ1v) is 12.1. The van der Waals surface area contributed by atoms with Crippen molar-refractivity contribution in [1.82, 2.24) is 0 Å². The van der Waals surface area contributed by atoms with Crippen LogP contribution in [0.1, 0.15) is 12.0 Å². The van der Waals surface area contributed by atoms with E-state index in [9.17, 15) is 13.2 Å². The predicted molar refractivity (Wildman–Crippen MR) is 128 cm³/mol. The molecule has 0 radical (unpaired) electrons. The minimum Gasteiger partial charge on any atom is -0.493 e. The van der Waals surface area contributed by atoms with Crippen molar-refractivity contribution in [2.45, 2.75) is 17.7 Å². The minimum atomic E-state index is -4.02. The van der Waals surface area contributed by atoms with Crippen LogP contribution in [0.2, 0.25) is 0 Å². The fourth-order valence-electron chi connectivity index (χ4n) is 4.02. The van der Waals surface area contributed by atoms with Gasteiger partial charge < -0.3 is 14.4 Å². The third-order valence-corrected chi connectivity index (χ3v) is 7.46. The molecular formula is C25H26N2O5S. The number of sulfonamides is 1. The number of carbonyl (C=O) groups is 1. The van der Waals surface area contributed by atoms with Crippen LogP contribution in [0.15, 0.2) is 77.7 Å². The first-order valence-electron chi connectivity index (χ1n) is 10.6. The van der Waals surface area contributed by atoms with Gasteiger partial charge in [-0.1, -0.05) is 36.4 Å². The molecule has 1 amide bonds. The number of carbonyl (C=O) groups excluding carboxylic acids is 1. The van der Waals surface area contributed by atoms with E-state index in [1.807, 2.05) is 24.3 Å². The molecule has 1 aliphatic heterocycles. The first-order chi connectivity index (χ1) is 16.0. The summed E-state index contributed by atoms with van der Waals surface area (Å²) in [6.07, 6.45) is 1.71. The summed E-state index contributed by atoms with van der Waals surface area (Å²) in [5, 5.41) is 0. The number of nitrogens with zero attached hydrogens (tertiary/aromatic N) is 2. The topological polar surface area (TPSA) is 76.2 Å². The molecule has 0 spiro atoms. The van der Waals surface area contributed by atoms with Crippen LogP contribution >= 0.6 is 0 Å². The zero-order valence-electron chi connectivity index (χ0n) is 18.6. The second-order valence-corrected chi connectivity index (χ2v) is 9.50. The van der Waals surface area contributed by atoms with Crippen molar-refractivity contribution in [1.29, 1.82) is 0 Å². The van der Waals surface area contributed by atoms with Gasteiger partial charge in [0.25, 0.3) is 10.0 Å². The molecule has 1 heterocycles. The third-order valence-electron chi connectivity index (χ3n) is 5.68. The molecule has 1 aliphatic rings. The summed E-state index contributed by atoms with van der Waals surface area (Å²) in [6.45, 7) is 0.196. The number of benzene rings is 3. The van der Waals surface area contributed by atoms with Crippen LogP contribution in [0.3, 0.4) is 0 Å². The maximum absolute atomic E-state index is 13.6. The average Bonchev–Trinajstić information content (AvgIpc) is 2.86. The summed E-state index contributed by atoms with van der Waals surface area (Å²) in [7, 11) is -1.03. The molecule has 4 rings (SSSR count). The monoisotopic (exact) mass is 466 g/mol. The number of anilines is 2. The lowest BCUT2D eigenvalue weighted by molar-refractivity contribution is -0.117. The Kier molecular flexibility index (Phi) is 6.55. The SMILES string of the molecule is COc1ccc(N(CC(=O)N2CCCc3ccccc32)S(=O)(=O)c2ccccc2)cc1OC. The van der Waals surface area contributed by atoms with Gasteiger partial charge in [-0.25, -0.2) is 8.42 Å². The van der Waals surface area contributed by atoms with Crippen LogP contribution in [0.4, 0.5) is 11.4 Å². The molecule has 0 N–H and O–H groups in total. The minimum absolute atomic E-state index is 0.103. The molecule has 7 nitrogen and oxygen atoms in total. The standard InChI is InChI=1S/C25H26N2O5S/c1-31-23-15-14-20(17-24(23)32-2)27(33(29,30)21-11-4-3-5-12-21)18-25(28)26-16-8-10-19-9-6-7-13-22(19)26/h3-7,9,11-15,17H,8,10,16,18H2,1-2H3. The summed E-state index contributed by atoms with van der Waals surface area (Å²) in [4.78, 5) is 15.2. The van der Waals surface area contributed by atoms with Gasteiger partial charge in [-0.15, -0.1) is 0 Å². The number of aryl methyl sites for hydroxylation is 1. The van der Waals surface area contributed by atoms with Gasteiger partial charge >= 0.3 is 0 Å². The number of hydrogen-bond acceptors (Lipinski definition) is 5. The molecule has 0 saturated carbocycles. The summed E-state index contributed by atoms with van der Waals surface area (Å²) < 4.78 is 39.1. The van der Waals surface area contributed by atoms with E-state index in [1.165, 1.54) is 26.4 Å². The highest BCUT2D eigenvalue weighted by Gasteiger charge is 2.31. The summed E-state index contributed by atoms with van der Waals surface area (Å²) in [6, 6.07) is 20.6. The van der Waals surface area contributed by atoms with Crippen LogP contribution in [-0.2, 0) is 21.2 Å². The molecule has 0 aromatic heterocycles. The Morgan fingerprint density at radius 3 is 2.36 bits per heavy atom. The number of hydrogen-bond donors (Lipinski definition) is 0. The Hall–Kier alpha value is -3.52. The van der Waals surface area contributed by atoms with Crippen molar-refractivity contribution >= 4 is 27.3 Å². The van der Waals surface area contributed by atoms with Gasteiger partial charge in [-0.05, 0) is 48.7 Å².